The summed E-state index contributed by atoms with van der Waals surface area (Å²) in [6.45, 7) is 7.42. The second-order valence-electron chi connectivity index (χ2n) is 5.53. The quantitative estimate of drug-likeness (QED) is 0.799. The van der Waals surface area contributed by atoms with E-state index >= 15 is 0 Å². The number of aromatic nitrogens is 2. The first-order valence-corrected chi connectivity index (χ1v) is 6.62. The van der Waals surface area contributed by atoms with E-state index in [1.54, 1.807) is 0 Å². The minimum absolute atomic E-state index is 0.163. The van der Waals surface area contributed by atoms with Gasteiger partial charge in [-0.1, -0.05) is 0 Å². The molecule has 1 aliphatic heterocycles. The Morgan fingerprint density at radius 3 is 3.00 bits per heavy atom. The first-order chi connectivity index (χ1) is 8.58. The molecular weight excluding hydrogens is 228 g/mol. The number of nitrogens with zero attached hydrogens (tertiary/aromatic N) is 3. The van der Waals surface area contributed by atoms with E-state index in [4.69, 9.17) is 0 Å². The van der Waals surface area contributed by atoms with Crippen LogP contribution in [-0.2, 0) is 13.1 Å². The molecule has 0 aromatic carbocycles. The number of nitrogens with one attached hydrogen (secondary N) is 1. The molecule has 5 heteroatoms. The summed E-state index contributed by atoms with van der Waals surface area (Å²) in [5.41, 5.74) is -0.202. The van der Waals surface area contributed by atoms with E-state index < -0.39 is 0 Å². The third kappa shape index (κ3) is 2.74. The Labute approximate surface area is 109 Å². The predicted octanol–water partition coefficient (Wildman–Crippen LogP) is 0.448. The Bertz CT molecular complexity index is 386. The van der Waals surface area contributed by atoms with E-state index in [0.29, 0.717) is 6.04 Å². The molecule has 1 aromatic heterocycles. The summed E-state index contributed by atoms with van der Waals surface area (Å²) >= 11 is 0. The van der Waals surface area contributed by atoms with Crippen molar-refractivity contribution in [3.63, 3.8) is 0 Å². The van der Waals surface area contributed by atoms with Crippen LogP contribution in [-0.4, -0.2) is 51.3 Å². The molecule has 0 fully saturated rings. The van der Waals surface area contributed by atoms with Crippen LogP contribution in [0.2, 0.25) is 0 Å². The van der Waals surface area contributed by atoms with Crippen LogP contribution in [0.1, 0.15) is 26.1 Å². The van der Waals surface area contributed by atoms with Crippen molar-refractivity contribution in [2.24, 2.45) is 0 Å². The number of rotatable bonds is 5. The normalized spacial score (nSPS) is 21.3. The van der Waals surface area contributed by atoms with Crippen LogP contribution in [0.4, 0.5) is 0 Å². The number of aliphatic hydroxyl groups excluding tert-OH is 1. The van der Waals surface area contributed by atoms with Crippen LogP contribution in [0.3, 0.4) is 0 Å². The van der Waals surface area contributed by atoms with Gasteiger partial charge in [0.05, 0.1) is 13.2 Å². The molecule has 18 heavy (non-hydrogen) atoms. The average Bonchev–Trinajstić information content (AvgIpc) is 2.85. The van der Waals surface area contributed by atoms with Gasteiger partial charge in [-0.3, -0.25) is 4.90 Å². The molecule has 2 unspecified atom stereocenters. The minimum atomic E-state index is -0.202. The monoisotopic (exact) mass is 252 g/mol. The van der Waals surface area contributed by atoms with Gasteiger partial charge in [-0.05, 0) is 27.3 Å². The van der Waals surface area contributed by atoms with Crippen LogP contribution in [0.25, 0.3) is 0 Å². The molecule has 0 saturated heterocycles. The van der Waals surface area contributed by atoms with Crippen molar-refractivity contribution in [1.82, 2.24) is 19.8 Å². The summed E-state index contributed by atoms with van der Waals surface area (Å²) in [4.78, 5) is 6.82. The molecule has 1 aliphatic rings. The molecule has 2 N–H and O–H groups in total. The molecule has 0 bridgehead atoms. The smallest absolute Gasteiger partial charge is 0.122 e. The van der Waals surface area contributed by atoms with Crippen molar-refractivity contribution in [1.29, 1.82) is 0 Å². The summed E-state index contributed by atoms with van der Waals surface area (Å²) in [6.07, 6.45) is 4.85. The first-order valence-electron chi connectivity index (χ1n) is 6.62. The summed E-state index contributed by atoms with van der Waals surface area (Å²) in [5.74, 6) is 1.14. The summed E-state index contributed by atoms with van der Waals surface area (Å²) in [5, 5.41) is 12.7. The highest BCUT2D eigenvalue weighted by Gasteiger charge is 2.28. The van der Waals surface area contributed by atoms with Crippen LogP contribution < -0.4 is 5.32 Å². The SMILES string of the molecule is CNC(C)(CO)CC(C)N1CCn2ccnc2C1. The minimum Gasteiger partial charge on any atom is -0.394 e. The van der Waals surface area contributed by atoms with Crippen molar-refractivity contribution in [2.45, 2.75) is 44.9 Å². The van der Waals surface area contributed by atoms with Gasteiger partial charge in [0.25, 0.3) is 0 Å². The van der Waals surface area contributed by atoms with Crippen LogP contribution in [0, 0.1) is 0 Å². The Kier molecular flexibility index (Phi) is 4.04. The number of fused-ring (bicyclic) bond motifs is 1. The third-order valence-electron chi connectivity index (χ3n) is 4.10. The van der Waals surface area contributed by atoms with Crippen molar-refractivity contribution < 1.29 is 5.11 Å². The molecule has 2 heterocycles. The number of likely N-dealkylation sites (N-methyl/N-ethyl adjacent to an activating group) is 1. The fourth-order valence-electron chi connectivity index (χ4n) is 2.60. The number of imidazole rings is 1. The second-order valence-corrected chi connectivity index (χ2v) is 5.53. The highest BCUT2D eigenvalue weighted by atomic mass is 16.3. The van der Waals surface area contributed by atoms with Gasteiger partial charge < -0.3 is 15.0 Å². The molecular formula is C13H24N4O. The maximum absolute atomic E-state index is 9.46. The van der Waals surface area contributed by atoms with E-state index in [9.17, 15) is 5.11 Å². The fraction of sp³-hybridized carbons (Fsp3) is 0.769. The maximum atomic E-state index is 9.46. The molecule has 0 aliphatic carbocycles. The van der Waals surface area contributed by atoms with Gasteiger partial charge in [-0.25, -0.2) is 4.98 Å². The number of aliphatic hydroxyl groups is 1. The summed E-state index contributed by atoms with van der Waals surface area (Å²) in [6, 6.07) is 0.431. The highest BCUT2D eigenvalue weighted by molar-refractivity contribution is 4.97. The molecule has 2 atom stereocenters. The maximum Gasteiger partial charge on any atom is 0.122 e. The van der Waals surface area contributed by atoms with Gasteiger partial charge in [0, 0.05) is 37.1 Å². The number of hydrogen-bond donors (Lipinski definition) is 2. The van der Waals surface area contributed by atoms with Crippen molar-refractivity contribution in [3.05, 3.63) is 18.2 Å². The molecule has 5 nitrogen and oxygen atoms in total. The molecule has 102 valence electrons. The van der Waals surface area contributed by atoms with Gasteiger partial charge in [-0.15, -0.1) is 0 Å². The van der Waals surface area contributed by atoms with Crippen LogP contribution in [0.5, 0.6) is 0 Å². The molecule has 2 rings (SSSR count). The average molecular weight is 252 g/mol. The zero-order valence-corrected chi connectivity index (χ0v) is 11.6. The van der Waals surface area contributed by atoms with Gasteiger partial charge >= 0.3 is 0 Å². The Balaban J connectivity index is 1.97. The van der Waals surface area contributed by atoms with Crippen LogP contribution in [0.15, 0.2) is 12.4 Å². The zero-order valence-electron chi connectivity index (χ0n) is 11.6. The fourth-order valence-corrected chi connectivity index (χ4v) is 2.60. The predicted molar refractivity (Wildman–Crippen MR) is 71.3 cm³/mol. The van der Waals surface area contributed by atoms with E-state index in [1.165, 1.54) is 0 Å². The Morgan fingerprint density at radius 1 is 1.56 bits per heavy atom. The van der Waals surface area contributed by atoms with Gasteiger partial charge in [0.2, 0.25) is 0 Å². The van der Waals surface area contributed by atoms with Crippen LogP contribution >= 0.6 is 0 Å². The third-order valence-corrected chi connectivity index (χ3v) is 4.10. The topological polar surface area (TPSA) is 53.3 Å². The Morgan fingerprint density at radius 2 is 2.33 bits per heavy atom. The largest absolute Gasteiger partial charge is 0.394 e. The Hall–Kier alpha value is -0.910. The molecule has 1 aromatic rings. The van der Waals surface area contributed by atoms with Gasteiger partial charge in [0.15, 0.2) is 0 Å². The van der Waals surface area contributed by atoms with E-state index in [0.717, 1.165) is 31.9 Å². The zero-order chi connectivity index (χ0) is 13.2. The van der Waals surface area contributed by atoms with Crippen molar-refractivity contribution in [3.8, 4) is 0 Å². The van der Waals surface area contributed by atoms with E-state index in [-0.39, 0.29) is 12.1 Å². The lowest BCUT2D eigenvalue weighted by Gasteiger charge is -2.37. The molecule has 0 saturated carbocycles. The lowest BCUT2D eigenvalue weighted by atomic mass is 9.94. The highest BCUT2D eigenvalue weighted by Crippen LogP contribution is 2.19. The van der Waals surface area contributed by atoms with Crippen molar-refractivity contribution >= 4 is 0 Å². The van der Waals surface area contributed by atoms with E-state index in [2.05, 4.69) is 33.6 Å². The van der Waals surface area contributed by atoms with Gasteiger partial charge in [-0.2, -0.15) is 0 Å². The standard InChI is InChI=1S/C13H24N4O/c1-11(8-13(2,10-18)14-3)17-7-6-16-5-4-15-12(16)9-17/h4-5,11,14,18H,6-10H2,1-3H3. The van der Waals surface area contributed by atoms with Gasteiger partial charge in [0.1, 0.15) is 5.82 Å². The lowest BCUT2D eigenvalue weighted by molar-refractivity contribution is 0.101. The van der Waals surface area contributed by atoms with Crippen molar-refractivity contribution in [2.75, 3.05) is 20.2 Å². The van der Waals surface area contributed by atoms with E-state index in [1.807, 2.05) is 19.4 Å². The first kappa shape index (κ1) is 13.5. The second kappa shape index (κ2) is 5.38. The molecule has 0 spiro atoms. The molecule has 0 amide bonds. The number of hydrogen-bond acceptors (Lipinski definition) is 4. The lowest BCUT2D eigenvalue weighted by Crippen LogP contribution is -2.50. The molecule has 0 radical (unpaired) electrons. The summed E-state index contributed by atoms with van der Waals surface area (Å²) in [7, 11) is 1.91. The summed E-state index contributed by atoms with van der Waals surface area (Å²) < 4.78 is 2.21.